The molecule has 114 valence electrons. The van der Waals surface area contributed by atoms with Crippen molar-refractivity contribution in [2.75, 3.05) is 0 Å². The number of carbonyl (C=O) groups is 2. The highest BCUT2D eigenvalue weighted by Crippen LogP contribution is 2.31. The van der Waals surface area contributed by atoms with Crippen molar-refractivity contribution < 1.29 is 19.6 Å². The molecule has 8 heteroatoms. The molecule has 1 aromatic rings. The van der Waals surface area contributed by atoms with Gasteiger partial charge in [0.25, 0.3) is 5.91 Å². The average Bonchev–Trinajstić information content (AvgIpc) is 2.88. The standard InChI is InChI=1S/C13H17N3O5/c17-11(18)8-13(6-2-1-3-7-13)15-12(19)9-4-5-10(14-9)16(20)21/h4-5,14H,1-3,6-8H2,(H,15,19)(H,17,18). The van der Waals surface area contributed by atoms with E-state index in [4.69, 9.17) is 5.11 Å². The summed E-state index contributed by atoms with van der Waals surface area (Å²) in [7, 11) is 0. The maximum absolute atomic E-state index is 12.2. The van der Waals surface area contributed by atoms with Crippen molar-refractivity contribution in [2.24, 2.45) is 0 Å². The van der Waals surface area contributed by atoms with Crippen molar-refractivity contribution >= 4 is 17.7 Å². The zero-order valence-corrected chi connectivity index (χ0v) is 11.4. The fourth-order valence-electron chi connectivity index (χ4n) is 2.79. The zero-order chi connectivity index (χ0) is 15.5. The third-order valence-corrected chi connectivity index (χ3v) is 3.79. The Kier molecular flexibility index (Phi) is 4.25. The lowest BCUT2D eigenvalue weighted by molar-refractivity contribution is -0.389. The van der Waals surface area contributed by atoms with Gasteiger partial charge in [0.15, 0.2) is 5.69 Å². The first-order valence-corrected chi connectivity index (χ1v) is 6.80. The fraction of sp³-hybridized carbons (Fsp3) is 0.538. The van der Waals surface area contributed by atoms with Crippen LogP contribution >= 0.6 is 0 Å². The average molecular weight is 295 g/mol. The van der Waals surface area contributed by atoms with Crippen molar-refractivity contribution in [3.63, 3.8) is 0 Å². The van der Waals surface area contributed by atoms with Gasteiger partial charge in [0.05, 0.1) is 12.0 Å². The number of hydrogen-bond donors (Lipinski definition) is 3. The van der Waals surface area contributed by atoms with E-state index in [2.05, 4.69) is 10.3 Å². The van der Waals surface area contributed by atoms with Crippen LogP contribution in [0.25, 0.3) is 0 Å². The summed E-state index contributed by atoms with van der Waals surface area (Å²) in [6, 6.07) is 2.53. The number of H-pyrrole nitrogens is 1. The predicted octanol–water partition coefficient (Wildman–Crippen LogP) is 1.83. The number of aromatic amines is 1. The summed E-state index contributed by atoms with van der Waals surface area (Å²) in [5.41, 5.74) is -0.696. The number of hydrogen-bond acceptors (Lipinski definition) is 4. The molecule has 0 aliphatic heterocycles. The third kappa shape index (κ3) is 3.59. The van der Waals surface area contributed by atoms with Gasteiger partial charge in [0.2, 0.25) is 0 Å². The molecule has 8 nitrogen and oxygen atoms in total. The molecule has 1 fully saturated rings. The van der Waals surface area contributed by atoms with Crippen LogP contribution in [0.3, 0.4) is 0 Å². The van der Waals surface area contributed by atoms with E-state index in [-0.39, 0.29) is 17.9 Å². The summed E-state index contributed by atoms with van der Waals surface area (Å²) in [4.78, 5) is 35.6. The molecule has 0 bridgehead atoms. The Morgan fingerprint density at radius 1 is 1.33 bits per heavy atom. The van der Waals surface area contributed by atoms with E-state index >= 15 is 0 Å². The molecule has 1 saturated carbocycles. The number of carbonyl (C=O) groups excluding carboxylic acids is 1. The summed E-state index contributed by atoms with van der Waals surface area (Å²) < 4.78 is 0. The minimum absolute atomic E-state index is 0.0667. The van der Waals surface area contributed by atoms with Crippen LogP contribution in [-0.2, 0) is 4.79 Å². The Bertz CT molecular complexity index is 560. The van der Waals surface area contributed by atoms with Crippen LogP contribution in [0.2, 0.25) is 0 Å². The molecule has 1 aromatic heterocycles. The van der Waals surface area contributed by atoms with Crippen LogP contribution in [0.1, 0.15) is 49.0 Å². The summed E-state index contributed by atoms with van der Waals surface area (Å²) >= 11 is 0. The second kappa shape index (κ2) is 5.94. The Balaban J connectivity index is 2.13. The van der Waals surface area contributed by atoms with E-state index in [1.165, 1.54) is 12.1 Å². The second-order valence-electron chi connectivity index (χ2n) is 5.38. The largest absolute Gasteiger partial charge is 0.481 e. The van der Waals surface area contributed by atoms with Gasteiger partial charge in [-0.25, -0.2) is 4.98 Å². The van der Waals surface area contributed by atoms with Crippen molar-refractivity contribution in [1.29, 1.82) is 0 Å². The minimum atomic E-state index is -0.963. The van der Waals surface area contributed by atoms with Crippen LogP contribution < -0.4 is 5.32 Å². The van der Waals surface area contributed by atoms with Gasteiger partial charge in [-0.05, 0) is 23.8 Å². The van der Waals surface area contributed by atoms with Crippen molar-refractivity contribution in [3.8, 4) is 0 Å². The van der Waals surface area contributed by atoms with Gasteiger partial charge in [-0.15, -0.1) is 0 Å². The first kappa shape index (κ1) is 15.0. The topological polar surface area (TPSA) is 125 Å². The molecule has 0 spiro atoms. The highest BCUT2D eigenvalue weighted by molar-refractivity contribution is 5.93. The van der Waals surface area contributed by atoms with Gasteiger partial charge in [0, 0.05) is 6.07 Å². The van der Waals surface area contributed by atoms with Crippen LogP contribution in [0.15, 0.2) is 12.1 Å². The number of aliphatic carboxylic acids is 1. The molecule has 0 atom stereocenters. The summed E-state index contributed by atoms with van der Waals surface area (Å²) in [6.07, 6.45) is 3.81. The fourth-order valence-corrected chi connectivity index (χ4v) is 2.79. The molecule has 3 N–H and O–H groups in total. The highest BCUT2D eigenvalue weighted by Gasteiger charge is 2.36. The first-order valence-electron chi connectivity index (χ1n) is 6.80. The quantitative estimate of drug-likeness (QED) is 0.564. The van der Waals surface area contributed by atoms with Crippen molar-refractivity contribution in [1.82, 2.24) is 10.3 Å². The Morgan fingerprint density at radius 3 is 2.52 bits per heavy atom. The van der Waals surface area contributed by atoms with Crippen molar-refractivity contribution in [3.05, 3.63) is 27.9 Å². The molecule has 21 heavy (non-hydrogen) atoms. The molecule has 1 amide bonds. The van der Waals surface area contributed by atoms with Gasteiger partial charge < -0.3 is 20.5 Å². The van der Waals surface area contributed by atoms with E-state index in [1.807, 2.05) is 0 Å². The molecule has 1 heterocycles. The summed E-state index contributed by atoms with van der Waals surface area (Å²) in [6.45, 7) is 0. The maximum Gasteiger partial charge on any atom is 0.321 e. The lowest BCUT2D eigenvalue weighted by Gasteiger charge is -2.36. The molecule has 0 saturated heterocycles. The van der Waals surface area contributed by atoms with Crippen LogP contribution in [0, 0.1) is 10.1 Å². The number of carboxylic acid groups (broad SMARTS) is 1. The van der Waals surface area contributed by atoms with Gasteiger partial charge in [-0.2, -0.15) is 0 Å². The monoisotopic (exact) mass is 295 g/mol. The van der Waals surface area contributed by atoms with Gasteiger partial charge in [0.1, 0.15) is 0 Å². The molecule has 2 rings (SSSR count). The van der Waals surface area contributed by atoms with Crippen molar-refractivity contribution in [2.45, 2.75) is 44.1 Å². The van der Waals surface area contributed by atoms with E-state index in [0.29, 0.717) is 12.8 Å². The first-order chi connectivity index (χ1) is 9.92. The molecule has 0 aromatic carbocycles. The predicted molar refractivity (Wildman–Crippen MR) is 73.0 cm³/mol. The second-order valence-corrected chi connectivity index (χ2v) is 5.38. The van der Waals surface area contributed by atoms with E-state index < -0.39 is 22.3 Å². The van der Waals surface area contributed by atoms with E-state index in [0.717, 1.165) is 19.3 Å². The lowest BCUT2D eigenvalue weighted by Crippen LogP contribution is -2.51. The normalized spacial score (nSPS) is 17.1. The molecular weight excluding hydrogens is 278 g/mol. The van der Waals surface area contributed by atoms with Crippen LogP contribution in [0.4, 0.5) is 5.82 Å². The zero-order valence-electron chi connectivity index (χ0n) is 11.4. The van der Waals surface area contributed by atoms with Gasteiger partial charge in [-0.1, -0.05) is 19.3 Å². The summed E-state index contributed by atoms with van der Waals surface area (Å²) in [5.74, 6) is -1.74. The number of amides is 1. The van der Waals surface area contributed by atoms with Crippen LogP contribution in [-0.4, -0.2) is 32.4 Å². The number of nitrogens with zero attached hydrogens (tertiary/aromatic N) is 1. The molecule has 1 aliphatic rings. The number of aromatic nitrogens is 1. The number of nitro groups is 1. The van der Waals surface area contributed by atoms with E-state index in [9.17, 15) is 19.7 Å². The Morgan fingerprint density at radius 2 is 2.00 bits per heavy atom. The molecule has 1 aliphatic carbocycles. The smallest absolute Gasteiger partial charge is 0.321 e. The van der Waals surface area contributed by atoms with Gasteiger partial charge in [-0.3, -0.25) is 9.59 Å². The van der Waals surface area contributed by atoms with Crippen LogP contribution in [0.5, 0.6) is 0 Å². The number of rotatable bonds is 5. The molecular formula is C13H17N3O5. The number of nitrogens with one attached hydrogen (secondary N) is 2. The highest BCUT2D eigenvalue weighted by atomic mass is 16.6. The Labute approximate surface area is 120 Å². The minimum Gasteiger partial charge on any atom is -0.481 e. The van der Waals surface area contributed by atoms with Gasteiger partial charge >= 0.3 is 11.8 Å². The Hall–Kier alpha value is -2.38. The lowest BCUT2D eigenvalue weighted by atomic mass is 9.79. The number of carboxylic acids is 1. The van der Waals surface area contributed by atoms with E-state index in [1.54, 1.807) is 0 Å². The maximum atomic E-state index is 12.2. The summed E-state index contributed by atoms with van der Waals surface area (Å²) in [5, 5.41) is 22.4. The molecule has 0 radical (unpaired) electrons. The molecule has 0 unspecified atom stereocenters. The third-order valence-electron chi connectivity index (χ3n) is 3.79. The SMILES string of the molecule is O=C(O)CC1(NC(=O)c2ccc([N+](=O)[O-])[nH]2)CCCCC1.